The summed E-state index contributed by atoms with van der Waals surface area (Å²) in [5.41, 5.74) is 6.12. The molecule has 2 aromatic carbocycles. The lowest BCUT2D eigenvalue weighted by molar-refractivity contribution is -0.125. The summed E-state index contributed by atoms with van der Waals surface area (Å²) in [5.74, 6) is 0.651. The van der Waals surface area contributed by atoms with Crippen LogP contribution in [-0.4, -0.2) is 28.0 Å². The highest BCUT2D eigenvalue weighted by atomic mass is 32.2. The predicted octanol–water partition coefficient (Wildman–Crippen LogP) is 4.75. The normalized spacial score (nSPS) is 21.3. The lowest BCUT2D eigenvalue weighted by Crippen LogP contribution is -2.38. The molecule has 3 aliphatic rings. The van der Waals surface area contributed by atoms with Gasteiger partial charge in [-0.05, 0) is 47.9 Å². The van der Waals surface area contributed by atoms with Crippen molar-refractivity contribution in [3.63, 3.8) is 0 Å². The van der Waals surface area contributed by atoms with Gasteiger partial charge in [-0.1, -0.05) is 48.2 Å². The number of hydrogen-bond donors (Lipinski definition) is 0. The number of rotatable bonds is 2. The Morgan fingerprint density at radius 2 is 1.92 bits per heavy atom. The average molecular weight is 379 g/mol. The van der Waals surface area contributed by atoms with Gasteiger partial charge in [0, 0.05) is 10.5 Å². The molecule has 2 aliphatic heterocycles. The molecule has 0 spiro atoms. The Labute approximate surface area is 161 Å². The van der Waals surface area contributed by atoms with E-state index in [2.05, 4.69) is 54.8 Å². The molecule has 0 aromatic heterocycles. The number of aryl methyl sites for hydroxylation is 1. The largest absolute Gasteiger partial charge is 0.279 e. The number of aliphatic imine (C=N–C) groups is 1. The molecule has 0 N–H and O–H groups in total. The minimum absolute atomic E-state index is 0.0238. The van der Waals surface area contributed by atoms with Crippen LogP contribution in [0, 0.1) is 0 Å². The highest BCUT2D eigenvalue weighted by Gasteiger charge is 2.42. The first-order chi connectivity index (χ1) is 12.8. The molecule has 3 nitrogen and oxygen atoms in total. The third-order valence-corrected chi connectivity index (χ3v) is 6.95. The SMILES string of the molecule is CSc1ccc([C@@H]2C3=C(N=C4SCC(=O)N42)c2ccccc2CC3)cc1. The molecule has 1 fully saturated rings. The second-order valence-corrected chi connectivity index (χ2v) is 8.48. The fraction of sp³-hybridized carbons (Fsp3) is 0.238. The van der Waals surface area contributed by atoms with Crippen LogP contribution in [0.2, 0.25) is 0 Å². The van der Waals surface area contributed by atoms with Crippen molar-refractivity contribution in [1.82, 2.24) is 4.90 Å². The summed E-state index contributed by atoms with van der Waals surface area (Å²) in [4.78, 5) is 20.7. The van der Waals surface area contributed by atoms with E-state index in [9.17, 15) is 4.79 Å². The van der Waals surface area contributed by atoms with E-state index < -0.39 is 0 Å². The number of carbonyl (C=O) groups is 1. The van der Waals surface area contributed by atoms with Gasteiger partial charge in [-0.15, -0.1) is 11.8 Å². The van der Waals surface area contributed by atoms with Crippen LogP contribution in [0.3, 0.4) is 0 Å². The van der Waals surface area contributed by atoms with E-state index in [-0.39, 0.29) is 11.9 Å². The average Bonchev–Trinajstić information content (AvgIpc) is 3.07. The van der Waals surface area contributed by atoms with Gasteiger partial charge in [-0.2, -0.15) is 0 Å². The molecule has 0 radical (unpaired) electrons. The van der Waals surface area contributed by atoms with E-state index >= 15 is 0 Å². The first-order valence-corrected chi connectivity index (χ1v) is 11.0. The summed E-state index contributed by atoms with van der Waals surface area (Å²) in [6.45, 7) is 0. The molecule has 1 amide bonds. The van der Waals surface area contributed by atoms with Crippen molar-refractivity contribution in [2.45, 2.75) is 23.8 Å². The summed E-state index contributed by atoms with van der Waals surface area (Å²) < 4.78 is 0. The minimum Gasteiger partial charge on any atom is -0.279 e. The van der Waals surface area contributed by atoms with Gasteiger partial charge in [0.2, 0.25) is 5.91 Å². The molecule has 2 aromatic rings. The standard InChI is InChI=1S/C21H18N2OS2/c1-25-15-9-6-14(7-10-15)20-17-11-8-13-4-2-3-5-16(13)19(17)22-21-23(20)18(24)12-26-21/h2-7,9-10,20H,8,11-12H2,1H3/t20-/m1/s1. The number of thioether (sulfide) groups is 2. The van der Waals surface area contributed by atoms with E-state index in [1.165, 1.54) is 27.2 Å². The number of carbonyl (C=O) groups excluding carboxylic acids is 1. The van der Waals surface area contributed by atoms with Crippen molar-refractivity contribution in [2.24, 2.45) is 4.99 Å². The van der Waals surface area contributed by atoms with Crippen LogP contribution in [-0.2, 0) is 11.2 Å². The molecule has 0 saturated carbocycles. The van der Waals surface area contributed by atoms with E-state index in [1.807, 2.05) is 4.90 Å². The second-order valence-electron chi connectivity index (χ2n) is 6.65. The summed E-state index contributed by atoms with van der Waals surface area (Å²) >= 11 is 3.30. The van der Waals surface area contributed by atoms with Gasteiger partial charge in [0.05, 0.1) is 17.5 Å². The van der Waals surface area contributed by atoms with Crippen molar-refractivity contribution in [3.05, 3.63) is 70.8 Å². The highest BCUT2D eigenvalue weighted by molar-refractivity contribution is 8.15. The van der Waals surface area contributed by atoms with Gasteiger partial charge in [-0.3, -0.25) is 9.69 Å². The van der Waals surface area contributed by atoms with E-state index in [4.69, 9.17) is 4.99 Å². The first-order valence-electron chi connectivity index (χ1n) is 8.75. The summed E-state index contributed by atoms with van der Waals surface area (Å²) in [6, 6.07) is 17.1. The maximum absolute atomic E-state index is 12.6. The molecule has 0 bridgehead atoms. The molecule has 5 heteroatoms. The molecule has 5 rings (SSSR count). The first kappa shape index (κ1) is 16.2. The van der Waals surface area contributed by atoms with Crippen LogP contribution in [0.25, 0.3) is 5.70 Å². The van der Waals surface area contributed by atoms with Gasteiger partial charge >= 0.3 is 0 Å². The number of hydrogen-bond acceptors (Lipinski definition) is 4. The maximum Gasteiger partial charge on any atom is 0.239 e. The zero-order valence-electron chi connectivity index (χ0n) is 14.4. The van der Waals surface area contributed by atoms with Crippen LogP contribution in [0.5, 0.6) is 0 Å². The second kappa shape index (κ2) is 6.32. The topological polar surface area (TPSA) is 32.7 Å². The molecule has 2 heterocycles. The molecular formula is C21H18N2OS2. The van der Waals surface area contributed by atoms with Crippen molar-refractivity contribution in [2.75, 3.05) is 12.0 Å². The molecule has 1 atom stereocenters. The monoisotopic (exact) mass is 378 g/mol. The molecule has 1 saturated heterocycles. The summed E-state index contributed by atoms with van der Waals surface area (Å²) in [6.07, 6.45) is 4.04. The van der Waals surface area contributed by atoms with E-state index in [0.29, 0.717) is 5.75 Å². The zero-order chi connectivity index (χ0) is 17.7. The lowest BCUT2D eigenvalue weighted by atomic mass is 9.82. The Bertz CT molecular complexity index is 962. The Kier molecular flexibility index (Phi) is 3.94. The molecule has 130 valence electrons. The maximum atomic E-state index is 12.6. The smallest absolute Gasteiger partial charge is 0.239 e. The molecule has 0 unspecified atom stereocenters. The number of benzene rings is 2. The van der Waals surface area contributed by atoms with Crippen LogP contribution < -0.4 is 0 Å². The predicted molar refractivity (Wildman–Crippen MR) is 109 cm³/mol. The Morgan fingerprint density at radius 1 is 1.12 bits per heavy atom. The van der Waals surface area contributed by atoms with Gasteiger partial charge in [0.25, 0.3) is 0 Å². The Balaban J connectivity index is 1.69. The quantitative estimate of drug-likeness (QED) is 0.707. The Morgan fingerprint density at radius 3 is 2.73 bits per heavy atom. The van der Waals surface area contributed by atoms with Gasteiger partial charge in [-0.25, -0.2) is 4.99 Å². The van der Waals surface area contributed by atoms with Crippen LogP contribution in [0.4, 0.5) is 0 Å². The van der Waals surface area contributed by atoms with Crippen LogP contribution in [0.1, 0.15) is 29.2 Å². The third kappa shape index (κ3) is 2.45. The van der Waals surface area contributed by atoms with Crippen molar-refractivity contribution in [3.8, 4) is 0 Å². The van der Waals surface area contributed by atoms with Crippen LogP contribution >= 0.6 is 23.5 Å². The third-order valence-electron chi connectivity index (χ3n) is 5.27. The Hall–Kier alpha value is -1.98. The number of nitrogens with zero attached hydrogens (tertiary/aromatic N) is 2. The number of fused-ring (bicyclic) bond motifs is 3. The number of amidine groups is 1. The van der Waals surface area contributed by atoms with Crippen molar-refractivity contribution in [1.29, 1.82) is 0 Å². The summed E-state index contributed by atoms with van der Waals surface area (Å²) in [7, 11) is 0. The zero-order valence-corrected chi connectivity index (χ0v) is 16.1. The molecule has 1 aliphatic carbocycles. The summed E-state index contributed by atoms with van der Waals surface area (Å²) in [5, 5.41) is 0.851. The van der Waals surface area contributed by atoms with Gasteiger partial charge in [0.1, 0.15) is 0 Å². The minimum atomic E-state index is -0.0238. The van der Waals surface area contributed by atoms with E-state index in [0.717, 1.165) is 23.7 Å². The fourth-order valence-electron chi connectivity index (χ4n) is 4.03. The molecule has 26 heavy (non-hydrogen) atoms. The van der Waals surface area contributed by atoms with Crippen molar-refractivity contribution >= 4 is 40.3 Å². The van der Waals surface area contributed by atoms with Crippen LogP contribution in [0.15, 0.2) is 64.0 Å². The molecular weight excluding hydrogens is 360 g/mol. The number of amides is 1. The lowest BCUT2D eigenvalue weighted by Gasteiger charge is -2.37. The fourth-order valence-corrected chi connectivity index (χ4v) is 5.33. The van der Waals surface area contributed by atoms with Gasteiger partial charge in [0.15, 0.2) is 5.17 Å². The van der Waals surface area contributed by atoms with Gasteiger partial charge < -0.3 is 0 Å². The van der Waals surface area contributed by atoms with Crippen molar-refractivity contribution < 1.29 is 4.79 Å². The highest BCUT2D eigenvalue weighted by Crippen LogP contribution is 2.47. The van der Waals surface area contributed by atoms with E-state index in [1.54, 1.807) is 23.5 Å².